The summed E-state index contributed by atoms with van der Waals surface area (Å²) in [5.74, 6) is 0.307. The van der Waals surface area contributed by atoms with Gasteiger partial charge in [0, 0.05) is 25.6 Å². The predicted molar refractivity (Wildman–Crippen MR) is 59.7 cm³/mol. The van der Waals surface area contributed by atoms with E-state index in [1.165, 1.54) is 0 Å². The van der Waals surface area contributed by atoms with Crippen LogP contribution in [0.25, 0.3) is 0 Å². The average Bonchev–Trinajstić information content (AvgIpc) is 2.24. The Morgan fingerprint density at radius 1 is 1.67 bits per heavy atom. The summed E-state index contributed by atoms with van der Waals surface area (Å²) in [5.41, 5.74) is 0. The topological polar surface area (TPSA) is 41.6 Å². The van der Waals surface area contributed by atoms with Crippen LogP contribution in [0.5, 0.6) is 0 Å². The van der Waals surface area contributed by atoms with Crippen LogP contribution in [0.4, 0.5) is 0 Å². The van der Waals surface area contributed by atoms with Crippen molar-refractivity contribution in [3.8, 4) is 0 Å². The zero-order valence-electron chi connectivity index (χ0n) is 9.95. The van der Waals surface area contributed by atoms with E-state index >= 15 is 0 Å². The first-order valence-corrected chi connectivity index (χ1v) is 5.76. The van der Waals surface area contributed by atoms with E-state index in [9.17, 15) is 4.79 Å². The molecular formula is C11H22N2O2. The van der Waals surface area contributed by atoms with Gasteiger partial charge in [0.15, 0.2) is 0 Å². The van der Waals surface area contributed by atoms with Gasteiger partial charge in [-0.25, -0.2) is 0 Å². The number of hydrogen-bond acceptors (Lipinski definition) is 3. The summed E-state index contributed by atoms with van der Waals surface area (Å²) in [6.45, 7) is 9.85. The summed E-state index contributed by atoms with van der Waals surface area (Å²) in [4.78, 5) is 13.9. The maximum absolute atomic E-state index is 12.0. The Hall–Kier alpha value is -0.610. The third-order valence-corrected chi connectivity index (χ3v) is 2.67. The highest BCUT2D eigenvalue weighted by Gasteiger charge is 2.24. The van der Waals surface area contributed by atoms with Gasteiger partial charge in [0.25, 0.3) is 0 Å². The van der Waals surface area contributed by atoms with Crippen molar-refractivity contribution in [1.82, 2.24) is 10.2 Å². The van der Waals surface area contributed by atoms with E-state index in [2.05, 4.69) is 5.32 Å². The summed E-state index contributed by atoms with van der Waals surface area (Å²) >= 11 is 0. The van der Waals surface area contributed by atoms with E-state index in [4.69, 9.17) is 4.74 Å². The van der Waals surface area contributed by atoms with Crippen molar-refractivity contribution in [2.24, 2.45) is 5.92 Å². The molecule has 0 aromatic heterocycles. The second-order valence-corrected chi connectivity index (χ2v) is 4.17. The van der Waals surface area contributed by atoms with E-state index in [0.29, 0.717) is 6.61 Å². The Balaban J connectivity index is 2.37. The summed E-state index contributed by atoms with van der Waals surface area (Å²) < 4.78 is 5.41. The molecule has 2 atom stereocenters. The van der Waals surface area contributed by atoms with Gasteiger partial charge in [-0.15, -0.1) is 0 Å². The standard InChI is InChI=1S/C11H22N2O2/c1-4-12-7-9(2)11(14)13-5-6-15-10(3)8-13/h9-10,12H,4-8H2,1-3H3. The van der Waals surface area contributed by atoms with Crippen LogP contribution in [0, 0.1) is 5.92 Å². The Morgan fingerprint density at radius 3 is 3.00 bits per heavy atom. The first-order valence-electron chi connectivity index (χ1n) is 5.76. The van der Waals surface area contributed by atoms with Crippen molar-refractivity contribution >= 4 is 5.91 Å². The highest BCUT2D eigenvalue weighted by Crippen LogP contribution is 2.08. The predicted octanol–water partition coefficient (Wildman–Crippen LogP) is 0.479. The zero-order valence-corrected chi connectivity index (χ0v) is 9.95. The number of carbonyl (C=O) groups is 1. The number of nitrogens with zero attached hydrogens (tertiary/aromatic N) is 1. The summed E-state index contributed by atoms with van der Waals surface area (Å²) in [5, 5.41) is 3.20. The second-order valence-electron chi connectivity index (χ2n) is 4.17. The van der Waals surface area contributed by atoms with Crippen molar-refractivity contribution in [2.45, 2.75) is 26.9 Å². The normalized spacial score (nSPS) is 23.9. The number of hydrogen-bond donors (Lipinski definition) is 1. The molecule has 0 spiro atoms. The molecule has 0 saturated carbocycles. The van der Waals surface area contributed by atoms with Gasteiger partial charge in [-0.2, -0.15) is 0 Å². The number of ether oxygens (including phenoxy) is 1. The van der Waals surface area contributed by atoms with E-state index in [1.54, 1.807) is 0 Å². The molecule has 0 aromatic rings. The molecule has 0 radical (unpaired) electrons. The highest BCUT2D eigenvalue weighted by atomic mass is 16.5. The van der Waals surface area contributed by atoms with Gasteiger partial charge < -0.3 is 15.0 Å². The molecule has 1 N–H and O–H groups in total. The molecule has 1 rings (SSSR count). The van der Waals surface area contributed by atoms with Gasteiger partial charge in [-0.1, -0.05) is 13.8 Å². The van der Waals surface area contributed by atoms with Crippen molar-refractivity contribution in [3.63, 3.8) is 0 Å². The van der Waals surface area contributed by atoms with Crippen molar-refractivity contribution in [3.05, 3.63) is 0 Å². The SMILES string of the molecule is CCNCC(C)C(=O)N1CCOC(C)C1. The third-order valence-electron chi connectivity index (χ3n) is 2.67. The minimum Gasteiger partial charge on any atom is -0.375 e. The number of amides is 1. The molecule has 2 unspecified atom stereocenters. The van der Waals surface area contributed by atoms with Crippen LogP contribution in [0.15, 0.2) is 0 Å². The Morgan fingerprint density at radius 2 is 2.40 bits per heavy atom. The van der Waals surface area contributed by atoms with Crippen LogP contribution in [-0.4, -0.2) is 49.7 Å². The quantitative estimate of drug-likeness (QED) is 0.740. The number of morpholine rings is 1. The Bertz CT molecular complexity index is 209. The van der Waals surface area contributed by atoms with Gasteiger partial charge in [0.2, 0.25) is 5.91 Å². The van der Waals surface area contributed by atoms with Crippen molar-refractivity contribution in [1.29, 1.82) is 0 Å². The number of rotatable bonds is 4. The summed E-state index contributed by atoms with van der Waals surface area (Å²) in [6.07, 6.45) is 0.175. The van der Waals surface area contributed by atoms with Gasteiger partial charge in [0.1, 0.15) is 0 Å². The lowest BCUT2D eigenvalue weighted by Crippen LogP contribution is -2.47. The van der Waals surface area contributed by atoms with Gasteiger partial charge >= 0.3 is 0 Å². The fourth-order valence-corrected chi connectivity index (χ4v) is 1.78. The van der Waals surface area contributed by atoms with Gasteiger partial charge in [-0.3, -0.25) is 4.79 Å². The second kappa shape index (κ2) is 6.08. The molecule has 15 heavy (non-hydrogen) atoms. The minimum atomic E-state index is 0.0650. The lowest BCUT2D eigenvalue weighted by molar-refractivity contribution is -0.141. The van der Waals surface area contributed by atoms with E-state index < -0.39 is 0 Å². The summed E-state index contributed by atoms with van der Waals surface area (Å²) in [7, 11) is 0. The van der Waals surface area contributed by atoms with Crippen molar-refractivity contribution in [2.75, 3.05) is 32.8 Å². The maximum atomic E-state index is 12.0. The third kappa shape index (κ3) is 3.80. The molecule has 1 aliphatic heterocycles. The first-order chi connectivity index (χ1) is 7.15. The van der Waals surface area contributed by atoms with E-state index in [-0.39, 0.29) is 17.9 Å². The lowest BCUT2D eigenvalue weighted by atomic mass is 10.1. The molecule has 1 aliphatic rings. The van der Waals surface area contributed by atoms with Gasteiger partial charge in [0.05, 0.1) is 12.7 Å². The molecule has 88 valence electrons. The van der Waals surface area contributed by atoms with Crippen LogP contribution in [0.2, 0.25) is 0 Å². The fraction of sp³-hybridized carbons (Fsp3) is 0.909. The summed E-state index contributed by atoms with van der Waals surface area (Å²) in [6, 6.07) is 0. The molecule has 0 aromatic carbocycles. The van der Waals surface area contributed by atoms with E-state index in [1.807, 2.05) is 25.7 Å². The molecule has 1 amide bonds. The van der Waals surface area contributed by atoms with E-state index in [0.717, 1.165) is 26.2 Å². The molecule has 1 heterocycles. The monoisotopic (exact) mass is 214 g/mol. The lowest BCUT2D eigenvalue weighted by Gasteiger charge is -2.33. The number of carbonyl (C=O) groups excluding carboxylic acids is 1. The van der Waals surface area contributed by atoms with Crippen molar-refractivity contribution < 1.29 is 9.53 Å². The van der Waals surface area contributed by atoms with Gasteiger partial charge in [-0.05, 0) is 13.5 Å². The average molecular weight is 214 g/mol. The van der Waals surface area contributed by atoms with Crippen LogP contribution in [0.3, 0.4) is 0 Å². The fourth-order valence-electron chi connectivity index (χ4n) is 1.78. The molecule has 1 saturated heterocycles. The smallest absolute Gasteiger partial charge is 0.226 e. The number of nitrogens with one attached hydrogen (secondary N) is 1. The Kier molecular flexibility index (Phi) is 5.05. The molecule has 4 heteroatoms. The minimum absolute atomic E-state index is 0.0650. The zero-order chi connectivity index (χ0) is 11.3. The molecule has 4 nitrogen and oxygen atoms in total. The molecule has 1 fully saturated rings. The van der Waals surface area contributed by atoms with Crippen LogP contribution in [0.1, 0.15) is 20.8 Å². The Labute approximate surface area is 92.0 Å². The maximum Gasteiger partial charge on any atom is 0.226 e. The molecule has 0 aliphatic carbocycles. The van der Waals surface area contributed by atoms with Crippen LogP contribution < -0.4 is 5.32 Å². The van der Waals surface area contributed by atoms with Crippen LogP contribution >= 0.6 is 0 Å². The largest absolute Gasteiger partial charge is 0.375 e. The highest BCUT2D eigenvalue weighted by molar-refractivity contribution is 5.78. The molecule has 0 bridgehead atoms. The molecular weight excluding hydrogens is 192 g/mol. The first kappa shape index (κ1) is 12.5. The van der Waals surface area contributed by atoms with Crippen LogP contribution in [-0.2, 0) is 9.53 Å².